The number of nitrogens with two attached hydrogens (primary N) is 1. The van der Waals surface area contributed by atoms with Gasteiger partial charge in [-0.2, -0.15) is 5.10 Å². The van der Waals surface area contributed by atoms with E-state index >= 15 is 0 Å². The fourth-order valence-corrected chi connectivity index (χ4v) is 1.23. The van der Waals surface area contributed by atoms with E-state index in [0.29, 0.717) is 17.1 Å². The van der Waals surface area contributed by atoms with Gasteiger partial charge in [0.05, 0.1) is 13.3 Å². The molecule has 3 N–H and O–H groups in total. The lowest BCUT2D eigenvalue weighted by Gasteiger charge is -2.09. The summed E-state index contributed by atoms with van der Waals surface area (Å²) in [6.07, 6.45) is 1.46. The van der Waals surface area contributed by atoms with E-state index in [1.54, 1.807) is 18.2 Å². The van der Waals surface area contributed by atoms with Crippen molar-refractivity contribution in [2.24, 2.45) is 10.8 Å². The zero-order chi connectivity index (χ0) is 14.3. The van der Waals surface area contributed by atoms with E-state index in [1.165, 1.54) is 20.2 Å². The molecule has 0 fully saturated rings. The number of rotatable bonds is 6. The van der Waals surface area contributed by atoms with Crippen LogP contribution in [0.5, 0.6) is 11.5 Å². The largest absolute Gasteiger partial charge is 0.493 e. The molecule has 2 amide bonds. The summed E-state index contributed by atoms with van der Waals surface area (Å²) in [6, 6.07) is 4.97. The van der Waals surface area contributed by atoms with Gasteiger partial charge in [-0.15, -0.1) is 0 Å². The number of methoxy groups -OCH3 is 1. The minimum Gasteiger partial charge on any atom is -0.493 e. The van der Waals surface area contributed by atoms with Crippen LogP contribution in [0.25, 0.3) is 0 Å². The summed E-state index contributed by atoms with van der Waals surface area (Å²) >= 11 is 0. The second-order valence-electron chi connectivity index (χ2n) is 3.59. The molecule has 1 aromatic carbocycles. The fraction of sp³-hybridized carbons (Fsp3) is 0.250. The summed E-state index contributed by atoms with van der Waals surface area (Å²) in [6.45, 7) is 1.13. The normalized spacial score (nSPS) is 10.2. The molecule has 0 unspecified atom stereocenters. The Morgan fingerprint density at radius 1 is 1.42 bits per heavy atom. The molecule has 0 radical (unpaired) electrons. The molecule has 1 rings (SSSR count). The third-order valence-corrected chi connectivity index (χ3v) is 1.99. The van der Waals surface area contributed by atoms with Crippen LogP contribution in [-0.2, 0) is 9.59 Å². The van der Waals surface area contributed by atoms with Crippen molar-refractivity contribution in [2.75, 3.05) is 13.7 Å². The summed E-state index contributed by atoms with van der Waals surface area (Å²) in [7, 11) is 1.47. The average molecular weight is 265 g/mol. The highest BCUT2D eigenvalue weighted by Crippen LogP contribution is 2.27. The standard InChI is InChI=1S/C12H15N3O4/c1-8(16)15-14-6-9-3-4-10(11(5-9)18-2)19-7-12(13)17/h3-6H,7H2,1-2H3,(H2,13,17)(H,15,16)/b14-6-. The van der Waals surface area contributed by atoms with Gasteiger partial charge in [0.25, 0.3) is 5.91 Å². The van der Waals surface area contributed by atoms with Crippen LogP contribution in [0.4, 0.5) is 0 Å². The van der Waals surface area contributed by atoms with Crippen LogP contribution in [0.3, 0.4) is 0 Å². The summed E-state index contributed by atoms with van der Waals surface area (Å²) in [5.74, 6) is 0.00831. The molecule has 0 aromatic heterocycles. The van der Waals surface area contributed by atoms with E-state index in [4.69, 9.17) is 15.2 Å². The zero-order valence-corrected chi connectivity index (χ0v) is 10.7. The highest BCUT2D eigenvalue weighted by Gasteiger charge is 2.06. The fourth-order valence-electron chi connectivity index (χ4n) is 1.23. The molecule has 0 aliphatic carbocycles. The van der Waals surface area contributed by atoms with Crippen molar-refractivity contribution < 1.29 is 19.1 Å². The van der Waals surface area contributed by atoms with Crippen molar-refractivity contribution in [1.82, 2.24) is 5.43 Å². The van der Waals surface area contributed by atoms with Crippen LogP contribution in [0.1, 0.15) is 12.5 Å². The van der Waals surface area contributed by atoms with Crippen LogP contribution >= 0.6 is 0 Å². The van der Waals surface area contributed by atoms with Gasteiger partial charge in [0.1, 0.15) is 0 Å². The molecule has 0 bridgehead atoms. The molecule has 0 atom stereocenters. The number of carbonyl (C=O) groups is 2. The topological polar surface area (TPSA) is 103 Å². The molecule has 7 nitrogen and oxygen atoms in total. The highest BCUT2D eigenvalue weighted by atomic mass is 16.5. The first-order valence-electron chi connectivity index (χ1n) is 5.41. The first kappa shape index (κ1) is 14.5. The Hall–Kier alpha value is -2.57. The molecule has 0 spiro atoms. The van der Waals surface area contributed by atoms with Gasteiger partial charge in [-0.1, -0.05) is 0 Å². The van der Waals surface area contributed by atoms with Crippen molar-refractivity contribution in [3.63, 3.8) is 0 Å². The number of amides is 2. The van der Waals surface area contributed by atoms with E-state index < -0.39 is 5.91 Å². The molecule has 0 aliphatic heterocycles. The van der Waals surface area contributed by atoms with Gasteiger partial charge in [-0.05, 0) is 23.8 Å². The van der Waals surface area contributed by atoms with E-state index in [1.807, 2.05) is 0 Å². The number of hydrogen-bond donors (Lipinski definition) is 2. The second-order valence-corrected chi connectivity index (χ2v) is 3.59. The first-order valence-corrected chi connectivity index (χ1v) is 5.41. The van der Waals surface area contributed by atoms with Gasteiger partial charge >= 0.3 is 0 Å². The maximum Gasteiger partial charge on any atom is 0.255 e. The van der Waals surface area contributed by atoms with Crippen LogP contribution < -0.4 is 20.6 Å². The van der Waals surface area contributed by atoms with Crippen LogP contribution in [0, 0.1) is 0 Å². The number of carbonyl (C=O) groups excluding carboxylic acids is 2. The van der Waals surface area contributed by atoms with Gasteiger partial charge in [0, 0.05) is 6.92 Å². The quantitative estimate of drug-likeness (QED) is 0.559. The highest BCUT2D eigenvalue weighted by molar-refractivity contribution is 5.82. The Morgan fingerprint density at radius 2 is 2.16 bits per heavy atom. The molecule has 0 saturated carbocycles. The number of nitrogens with one attached hydrogen (secondary N) is 1. The van der Waals surface area contributed by atoms with E-state index in [2.05, 4.69) is 10.5 Å². The third-order valence-electron chi connectivity index (χ3n) is 1.99. The molecular formula is C12H15N3O4. The van der Waals surface area contributed by atoms with Gasteiger partial charge in [0.2, 0.25) is 5.91 Å². The second kappa shape index (κ2) is 7.00. The zero-order valence-electron chi connectivity index (χ0n) is 10.7. The number of primary amides is 1. The first-order chi connectivity index (χ1) is 9.02. The Kier molecular flexibility index (Phi) is 5.34. The minimum absolute atomic E-state index is 0.226. The smallest absolute Gasteiger partial charge is 0.255 e. The molecular weight excluding hydrogens is 250 g/mol. The number of benzene rings is 1. The molecule has 0 aliphatic rings. The van der Waals surface area contributed by atoms with E-state index in [-0.39, 0.29) is 12.5 Å². The Labute approximate surface area is 110 Å². The minimum atomic E-state index is -0.571. The summed E-state index contributed by atoms with van der Waals surface area (Å²) in [5.41, 5.74) is 7.98. The number of hydrazone groups is 1. The number of nitrogens with zero attached hydrogens (tertiary/aromatic N) is 1. The lowest BCUT2D eigenvalue weighted by Crippen LogP contribution is -2.20. The number of ether oxygens (including phenoxy) is 2. The van der Waals surface area contributed by atoms with E-state index in [9.17, 15) is 9.59 Å². The lowest BCUT2D eigenvalue weighted by molar-refractivity contribution is -0.120. The Balaban J connectivity index is 2.80. The summed E-state index contributed by atoms with van der Waals surface area (Å²) in [5, 5.41) is 3.73. The van der Waals surface area contributed by atoms with Gasteiger partial charge < -0.3 is 15.2 Å². The Bertz CT molecular complexity index is 500. The lowest BCUT2D eigenvalue weighted by atomic mass is 10.2. The summed E-state index contributed by atoms with van der Waals surface area (Å²) < 4.78 is 10.3. The Morgan fingerprint density at radius 3 is 2.74 bits per heavy atom. The maximum absolute atomic E-state index is 10.6. The molecule has 102 valence electrons. The molecule has 1 aromatic rings. The maximum atomic E-state index is 10.6. The molecule has 0 saturated heterocycles. The van der Waals surface area contributed by atoms with Crippen molar-refractivity contribution in [2.45, 2.75) is 6.92 Å². The van der Waals surface area contributed by atoms with Gasteiger partial charge in [-0.25, -0.2) is 5.43 Å². The van der Waals surface area contributed by atoms with Crippen molar-refractivity contribution >= 4 is 18.0 Å². The number of hydrogen-bond acceptors (Lipinski definition) is 5. The summed E-state index contributed by atoms with van der Waals surface area (Å²) in [4.78, 5) is 21.3. The predicted molar refractivity (Wildman–Crippen MR) is 69.1 cm³/mol. The third kappa shape index (κ3) is 5.07. The van der Waals surface area contributed by atoms with Crippen molar-refractivity contribution in [1.29, 1.82) is 0 Å². The predicted octanol–water partition coefficient (Wildman–Crippen LogP) is 0.0293. The molecule has 19 heavy (non-hydrogen) atoms. The molecule has 0 heterocycles. The van der Waals surface area contributed by atoms with Gasteiger partial charge in [-0.3, -0.25) is 9.59 Å². The van der Waals surface area contributed by atoms with Crippen molar-refractivity contribution in [3.05, 3.63) is 23.8 Å². The average Bonchev–Trinajstić information content (AvgIpc) is 2.36. The van der Waals surface area contributed by atoms with E-state index in [0.717, 1.165) is 0 Å². The monoisotopic (exact) mass is 265 g/mol. The van der Waals surface area contributed by atoms with Crippen LogP contribution in [0.2, 0.25) is 0 Å². The van der Waals surface area contributed by atoms with Crippen LogP contribution in [0.15, 0.2) is 23.3 Å². The van der Waals surface area contributed by atoms with Crippen LogP contribution in [-0.4, -0.2) is 31.7 Å². The van der Waals surface area contributed by atoms with Crippen molar-refractivity contribution in [3.8, 4) is 11.5 Å². The molecule has 7 heteroatoms. The SMILES string of the molecule is COc1cc(/C=N\NC(C)=O)ccc1OCC(N)=O. The van der Waals surface area contributed by atoms with Gasteiger partial charge in [0.15, 0.2) is 18.1 Å².